The van der Waals surface area contributed by atoms with Gasteiger partial charge in [-0.3, -0.25) is 0 Å². The van der Waals surface area contributed by atoms with Crippen molar-refractivity contribution in [3.8, 4) is 0 Å². The molecule has 1 atom stereocenters. The molecule has 0 aliphatic carbocycles. The molecular weight excluding hydrogens is 200 g/mol. The van der Waals surface area contributed by atoms with Gasteiger partial charge in [-0.1, -0.05) is 0 Å². The highest BCUT2D eigenvalue weighted by atomic mass is 32.1. The molecule has 2 aromatic heterocycles. The fraction of sp³-hybridized carbons (Fsp3) is 0.200. The predicted octanol–water partition coefficient (Wildman–Crippen LogP) is 3.20. The lowest BCUT2D eigenvalue weighted by atomic mass is 10.1. The van der Waals surface area contributed by atoms with Gasteiger partial charge >= 0.3 is 0 Å². The molecule has 3 heteroatoms. The summed E-state index contributed by atoms with van der Waals surface area (Å²) in [6.07, 6.45) is -0.439. The summed E-state index contributed by atoms with van der Waals surface area (Å²) in [5, 5.41) is 16.0. The van der Waals surface area contributed by atoms with E-state index in [0.717, 1.165) is 10.4 Å². The Kier molecular flexibility index (Phi) is 2.49. The SMILES string of the molecule is Cc1ccsc1[C@H](O)c1ccsc1. The van der Waals surface area contributed by atoms with Crippen LogP contribution in [0.2, 0.25) is 0 Å². The molecule has 0 unspecified atom stereocenters. The molecule has 0 saturated carbocycles. The van der Waals surface area contributed by atoms with E-state index in [1.807, 2.05) is 35.2 Å². The summed E-state index contributed by atoms with van der Waals surface area (Å²) in [5.74, 6) is 0. The van der Waals surface area contributed by atoms with Crippen molar-refractivity contribution in [1.29, 1.82) is 0 Å². The zero-order valence-electron chi connectivity index (χ0n) is 7.23. The van der Waals surface area contributed by atoms with E-state index in [4.69, 9.17) is 0 Å². The molecule has 2 rings (SSSR count). The third kappa shape index (κ3) is 1.68. The van der Waals surface area contributed by atoms with Crippen molar-refractivity contribution in [2.24, 2.45) is 0 Å². The average Bonchev–Trinajstić information content (AvgIpc) is 2.72. The minimum atomic E-state index is -0.439. The normalized spacial score (nSPS) is 13.1. The molecule has 0 fully saturated rings. The quantitative estimate of drug-likeness (QED) is 0.807. The molecule has 0 radical (unpaired) electrons. The second kappa shape index (κ2) is 3.62. The molecule has 0 aliphatic rings. The average molecular weight is 210 g/mol. The molecule has 0 spiro atoms. The van der Waals surface area contributed by atoms with Crippen LogP contribution in [0.4, 0.5) is 0 Å². The van der Waals surface area contributed by atoms with E-state index in [1.54, 1.807) is 22.7 Å². The molecule has 2 aromatic rings. The summed E-state index contributed by atoms with van der Waals surface area (Å²) in [6, 6.07) is 4.00. The molecule has 0 amide bonds. The van der Waals surface area contributed by atoms with E-state index in [1.165, 1.54) is 5.56 Å². The van der Waals surface area contributed by atoms with Crippen LogP contribution in [0, 0.1) is 6.92 Å². The molecule has 0 bridgehead atoms. The lowest BCUT2D eigenvalue weighted by Gasteiger charge is -2.07. The third-order valence-corrected chi connectivity index (χ3v) is 3.78. The van der Waals surface area contributed by atoms with E-state index in [9.17, 15) is 5.11 Å². The third-order valence-electron chi connectivity index (χ3n) is 2.01. The lowest BCUT2D eigenvalue weighted by molar-refractivity contribution is 0.224. The van der Waals surface area contributed by atoms with Crippen molar-refractivity contribution >= 4 is 22.7 Å². The van der Waals surface area contributed by atoms with Gasteiger partial charge in [-0.15, -0.1) is 11.3 Å². The number of aliphatic hydroxyl groups excluding tert-OH is 1. The summed E-state index contributed by atoms with van der Waals surface area (Å²) >= 11 is 3.23. The number of aliphatic hydroxyl groups is 1. The van der Waals surface area contributed by atoms with Crippen molar-refractivity contribution in [3.05, 3.63) is 44.3 Å². The first-order chi connectivity index (χ1) is 6.29. The van der Waals surface area contributed by atoms with Crippen molar-refractivity contribution in [2.45, 2.75) is 13.0 Å². The Morgan fingerprint density at radius 1 is 1.31 bits per heavy atom. The van der Waals surface area contributed by atoms with Crippen LogP contribution in [0.25, 0.3) is 0 Å². The van der Waals surface area contributed by atoms with E-state index in [0.29, 0.717) is 0 Å². The second-order valence-electron chi connectivity index (χ2n) is 2.93. The minimum absolute atomic E-state index is 0.439. The Balaban J connectivity index is 2.33. The Hall–Kier alpha value is -0.640. The first-order valence-corrected chi connectivity index (χ1v) is 5.85. The van der Waals surface area contributed by atoms with Crippen LogP contribution in [0.5, 0.6) is 0 Å². The van der Waals surface area contributed by atoms with Crippen LogP contribution in [-0.4, -0.2) is 5.11 Å². The lowest BCUT2D eigenvalue weighted by Crippen LogP contribution is -1.96. The summed E-state index contributed by atoms with van der Waals surface area (Å²) in [5.41, 5.74) is 2.17. The van der Waals surface area contributed by atoms with Crippen LogP contribution in [-0.2, 0) is 0 Å². The zero-order chi connectivity index (χ0) is 9.26. The van der Waals surface area contributed by atoms with Gasteiger partial charge in [0.2, 0.25) is 0 Å². The summed E-state index contributed by atoms with van der Waals surface area (Å²) in [4.78, 5) is 1.05. The molecule has 13 heavy (non-hydrogen) atoms. The molecule has 1 N–H and O–H groups in total. The smallest absolute Gasteiger partial charge is 0.114 e. The number of thiophene rings is 2. The van der Waals surface area contributed by atoms with Crippen molar-refractivity contribution < 1.29 is 5.11 Å². The van der Waals surface area contributed by atoms with Gasteiger partial charge < -0.3 is 5.11 Å². The standard InChI is InChI=1S/C10H10OS2/c1-7-2-5-13-10(7)9(11)8-3-4-12-6-8/h2-6,9,11H,1H3/t9-/m1/s1. The fourth-order valence-electron chi connectivity index (χ4n) is 1.25. The Morgan fingerprint density at radius 2 is 2.15 bits per heavy atom. The van der Waals surface area contributed by atoms with Crippen LogP contribution in [0.3, 0.4) is 0 Å². The molecular formula is C10H10OS2. The number of hydrogen-bond acceptors (Lipinski definition) is 3. The minimum Gasteiger partial charge on any atom is -0.383 e. The predicted molar refractivity (Wildman–Crippen MR) is 57.4 cm³/mol. The molecule has 1 nitrogen and oxygen atoms in total. The molecule has 0 aromatic carbocycles. The second-order valence-corrected chi connectivity index (χ2v) is 4.65. The maximum atomic E-state index is 9.97. The van der Waals surface area contributed by atoms with E-state index < -0.39 is 6.10 Å². The first-order valence-electron chi connectivity index (χ1n) is 4.03. The van der Waals surface area contributed by atoms with Gasteiger partial charge in [0.15, 0.2) is 0 Å². The number of hydrogen-bond donors (Lipinski definition) is 1. The first kappa shape index (κ1) is 8.94. The van der Waals surface area contributed by atoms with Gasteiger partial charge in [-0.25, -0.2) is 0 Å². The number of rotatable bonds is 2. The van der Waals surface area contributed by atoms with Crippen LogP contribution in [0.1, 0.15) is 22.1 Å². The van der Waals surface area contributed by atoms with Gasteiger partial charge in [0, 0.05) is 4.88 Å². The Bertz CT molecular complexity index is 375. The molecule has 0 saturated heterocycles. The topological polar surface area (TPSA) is 20.2 Å². The van der Waals surface area contributed by atoms with Crippen molar-refractivity contribution in [1.82, 2.24) is 0 Å². The maximum Gasteiger partial charge on any atom is 0.114 e. The molecule has 0 aliphatic heterocycles. The van der Waals surface area contributed by atoms with Gasteiger partial charge in [0.25, 0.3) is 0 Å². The highest BCUT2D eigenvalue weighted by Crippen LogP contribution is 2.29. The van der Waals surface area contributed by atoms with Crippen LogP contribution >= 0.6 is 22.7 Å². The molecule has 2 heterocycles. The highest BCUT2D eigenvalue weighted by molar-refractivity contribution is 7.10. The van der Waals surface area contributed by atoms with Gasteiger partial charge in [0.1, 0.15) is 6.10 Å². The van der Waals surface area contributed by atoms with Gasteiger partial charge in [0.05, 0.1) is 0 Å². The largest absolute Gasteiger partial charge is 0.383 e. The monoisotopic (exact) mass is 210 g/mol. The van der Waals surface area contributed by atoms with Gasteiger partial charge in [-0.2, -0.15) is 11.3 Å². The van der Waals surface area contributed by atoms with Crippen LogP contribution in [0.15, 0.2) is 28.3 Å². The van der Waals surface area contributed by atoms with E-state index >= 15 is 0 Å². The fourth-order valence-corrected chi connectivity index (χ4v) is 2.86. The Morgan fingerprint density at radius 3 is 2.69 bits per heavy atom. The Labute approximate surface area is 85.3 Å². The summed E-state index contributed by atoms with van der Waals surface area (Å²) in [6.45, 7) is 2.03. The maximum absolute atomic E-state index is 9.97. The van der Waals surface area contributed by atoms with Crippen LogP contribution < -0.4 is 0 Å². The molecule has 68 valence electrons. The van der Waals surface area contributed by atoms with E-state index in [2.05, 4.69) is 0 Å². The van der Waals surface area contributed by atoms with E-state index in [-0.39, 0.29) is 0 Å². The van der Waals surface area contributed by atoms with Crippen molar-refractivity contribution in [2.75, 3.05) is 0 Å². The highest BCUT2D eigenvalue weighted by Gasteiger charge is 2.13. The number of aryl methyl sites for hydroxylation is 1. The van der Waals surface area contributed by atoms with Crippen molar-refractivity contribution in [3.63, 3.8) is 0 Å². The zero-order valence-corrected chi connectivity index (χ0v) is 8.86. The summed E-state index contributed by atoms with van der Waals surface area (Å²) < 4.78 is 0. The van der Waals surface area contributed by atoms with Gasteiger partial charge in [-0.05, 0) is 46.3 Å². The summed E-state index contributed by atoms with van der Waals surface area (Å²) in [7, 11) is 0.